The lowest BCUT2D eigenvalue weighted by molar-refractivity contribution is -0.142. The maximum absolute atomic E-state index is 12.5. The van der Waals surface area contributed by atoms with E-state index in [4.69, 9.17) is 4.74 Å². The molecule has 2 N–H and O–H groups in total. The van der Waals surface area contributed by atoms with Gasteiger partial charge in [-0.1, -0.05) is 12.1 Å². The summed E-state index contributed by atoms with van der Waals surface area (Å²) in [6, 6.07) is 4.32. The number of carbonyl (C=O) groups is 2. The number of aromatic nitrogens is 2. The summed E-state index contributed by atoms with van der Waals surface area (Å²) in [5.74, 6) is -1.56. The van der Waals surface area contributed by atoms with Crippen molar-refractivity contribution in [2.24, 2.45) is 0 Å². The van der Waals surface area contributed by atoms with E-state index in [0.717, 1.165) is 5.56 Å². The van der Waals surface area contributed by atoms with E-state index < -0.39 is 17.9 Å². The zero-order valence-corrected chi connectivity index (χ0v) is 16.7. The van der Waals surface area contributed by atoms with Crippen molar-refractivity contribution in [3.05, 3.63) is 40.4 Å². The lowest BCUT2D eigenvalue weighted by Crippen LogP contribution is -2.42. The van der Waals surface area contributed by atoms with E-state index >= 15 is 0 Å². The van der Waals surface area contributed by atoms with Gasteiger partial charge in [-0.3, -0.25) is 14.2 Å². The largest absolute Gasteiger partial charge is 0.480 e. The van der Waals surface area contributed by atoms with Crippen molar-refractivity contribution < 1.29 is 19.4 Å². The van der Waals surface area contributed by atoms with Crippen molar-refractivity contribution in [3.8, 4) is 0 Å². The molecular weight excluding hydrogens is 362 g/mol. The molecule has 0 spiro atoms. The molecule has 0 radical (unpaired) electrons. The second-order valence-electron chi connectivity index (χ2n) is 7.67. The van der Waals surface area contributed by atoms with Gasteiger partial charge in [0.25, 0.3) is 5.56 Å². The molecule has 0 fully saturated rings. The summed E-state index contributed by atoms with van der Waals surface area (Å²) in [7, 11) is 0. The number of fused-ring (bicyclic) bond motifs is 1. The molecule has 0 aliphatic heterocycles. The van der Waals surface area contributed by atoms with Crippen molar-refractivity contribution in [1.82, 2.24) is 14.9 Å². The van der Waals surface area contributed by atoms with E-state index in [0.29, 0.717) is 10.9 Å². The summed E-state index contributed by atoms with van der Waals surface area (Å²) in [6.45, 7) is 7.83. The van der Waals surface area contributed by atoms with E-state index in [9.17, 15) is 19.5 Å². The van der Waals surface area contributed by atoms with Crippen LogP contribution in [0.15, 0.2) is 29.3 Å². The molecular formula is C20H27N3O5. The summed E-state index contributed by atoms with van der Waals surface area (Å²) < 4.78 is 6.88. The van der Waals surface area contributed by atoms with Crippen molar-refractivity contribution in [2.45, 2.75) is 58.7 Å². The fourth-order valence-electron chi connectivity index (χ4n) is 2.73. The highest BCUT2D eigenvalue weighted by Crippen LogP contribution is 2.11. The first-order valence-corrected chi connectivity index (χ1v) is 9.19. The number of nitrogens with zero attached hydrogens (tertiary/aromatic N) is 2. The molecule has 1 heterocycles. The molecule has 1 aromatic carbocycles. The summed E-state index contributed by atoms with van der Waals surface area (Å²) >= 11 is 0. The molecule has 0 bridgehead atoms. The molecule has 2 aromatic rings. The van der Waals surface area contributed by atoms with Crippen molar-refractivity contribution in [1.29, 1.82) is 0 Å². The number of hydrogen-bond acceptors (Lipinski definition) is 5. The smallest absolute Gasteiger partial charge is 0.326 e. The molecule has 0 saturated carbocycles. The number of hydrogen-bond donors (Lipinski definition) is 2. The average molecular weight is 389 g/mol. The Balaban J connectivity index is 1.97. The summed E-state index contributed by atoms with van der Waals surface area (Å²) in [4.78, 5) is 40.4. The van der Waals surface area contributed by atoms with E-state index in [1.165, 1.54) is 10.9 Å². The van der Waals surface area contributed by atoms with Crippen LogP contribution in [0, 0.1) is 6.92 Å². The molecule has 28 heavy (non-hydrogen) atoms. The van der Waals surface area contributed by atoms with Gasteiger partial charge in [0.05, 0.1) is 22.8 Å². The first-order valence-electron chi connectivity index (χ1n) is 9.19. The number of benzene rings is 1. The molecule has 8 heteroatoms. The van der Waals surface area contributed by atoms with Gasteiger partial charge >= 0.3 is 5.97 Å². The Kier molecular flexibility index (Phi) is 6.90. The molecule has 1 atom stereocenters. The Morgan fingerprint density at radius 3 is 2.68 bits per heavy atom. The third-order valence-corrected chi connectivity index (χ3v) is 4.21. The molecule has 0 aliphatic carbocycles. The SMILES string of the molecule is Cc1cccc2c(=O)n(CCC(=O)NC(CCOC(C)(C)C)C(=O)O)cnc12. The van der Waals surface area contributed by atoms with E-state index in [1.54, 1.807) is 12.1 Å². The fourth-order valence-corrected chi connectivity index (χ4v) is 2.73. The quantitative estimate of drug-likeness (QED) is 0.713. The second-order valence-corrected chi connectivity index (χ2v) is 7.67. The van der Waals surface area contributed by atoms with E-state index in [-0.39, 0.29) is 37.2 Å². The number of carboxylic acid groups (broad SMARTS) is 1. The summed E-state index contributed by atoms with van der Waals surface area (Å²) in [5.41, 5.74) is 0.935. The Bertz CT molecular complexity index is 914. The fraction of sp³-hybridized carbons (Fsp3) is 0.500. The second kappa shape index (κ2) is 8.97. The normalized spacial score (nSPS) is 12.7. The highest BCUT2D eigenvalue weighted by molar-refractivity contribution is 5.83. The average Bonchev–Trinajstić information content (AvgIpc) is 2.60. The minimum Gasteiger partial charge on any atom is -0.480 e. The van der Waals surface area contributed by atoms with Gasteiger partial charge in [-0.2, -0.15) is 0 Å². The zero-order chi connectivity index (χ0) is 20.9. The maximum atomic E-state index is 12.5. The van der Waals surface area contributed by atoms with Crippen LogP contribution in [0.1, 0.15) is 39.2 Å². The van der Waals surface area contributed by atoms with Crippen LogP contribution in [0.25, 0.3) is 10.9 Å². The number of amides is 1. The summed E-state index contributed by atoms with van der Waals surface area (Å²) in [5, 5.41) is 12.3. The van der Waals surface area contributed by atoms with Gasteiger partial charge in [0.2, 0.25) is 5.91 Å². The van der Waals surface area contributed by atoms with Crippen LogP contribution in [-0.4, -0.2) is 44.8 Å². The summed E-state index contributed by atoms with van der Waals surface area (Å²) in [6.07, 6.45) is 1.55. The maximum Gasteiger partial charge on any atom is 0.326 e. The van der Waals surface area contributed by atoms with Crippen molar-refractivity contribution >= 4 is 22.8 Å². The van der Waals surface area contributed by atoms with Crippen LogP contribution in [0.3, 0.4) is 0 Å². The molecule has 1 amide bonds. The Labute approximate surface area is 163 Å². The van der Waals surface area contributed by atoms with Crippen LogP contribution in [0.4, 0.5) is 0 Å². The van der Waals surface area contributed by atoms with E-state index in [1.807, 2.05) is 33.8 Å². The number of aliphatic carboxylic acids is 1. The van der Waals surface area contributed by atoms with Crippen LogP contribution in [0.5, 0.6) is 0 Å². The minimum absolute atomic E-state index is 0.0250. The minimum atomic E-state index is -1.12. The third-order valence-electron chi connectivity index (χ3n) is 4.21. The Hall–Kier alpha value is -2.74. The first-order chi connectivity index (χ1) is 13.1. The monoisotopic (exact) mass is 389 g/mol. The number of ether oxygens (including phenoxy) is 1. The Morgan fingerprint density at radius 2 is 2.04 bits per heavy atom. The lowest BCUT2D eigenvalue weighted by Gasteiger charge is -2.21. The number of carboxylic acids is 1. The molecule has 152 valence electrons. The number of rotatable bonds is 8. The molecule has 8 nitrogen and oxygen atoms in total. The van der Waals surface area contributed by atoms with Gasteiger partial charge in [-0.15, -0.1) is 0 Å². The van der Waals surface area contributed by atoms with Crippen LogP contribution < -0.4 is 10.9 Å². The molecule has 0 saturated heterocycles. The first kappa shape index (κ1) is 21.6. The molecule has 2 rings (SSSR count). The topological polar surface area (TPSA) is 111 Å². The van der Waals surface area contributed by atoms with Crippen LogP contribution >= 0.6 is 0 Å². The lowest BCUT2D eigenvalue weighted by atomic mass is 10.1. The number of para-hydroxylation sites is 1. The van der Waals surface area contributed by atoms with Gasteiger partial charge in [0.1, 0.15) is 6.04 Å². The van der Waals surface area contributed by atoms with Gasteiger partial charge in [0.15, 0.2) is 0 Å². The number of carbonyl (C=O) groups excluding carboxylic acids is 1. The predicted molar refractivity (Wildman–Crippen MR) is 105 cm³/mol. The van der Waals surface area contributed by atoms with Crippen LogP contribution in [0.2, 0.25) is 0 Å². The van der Waals surface area contributed by atoms with E-state index in [2.05, 4.69) is 10.3 Å². The number of nitrogens with one attached hydrogen (secondary N) is 1. The van der Waals surface area contributed by atoms with Gasteiger partial charge in [0, 0.05) is 26.0 Å². The number of aryl methyl sites for hydroxylation is 2. The van der Waals surface area contributed by atoms with Crippen LogP contribution in [-0.2, 0) is 20.9 Å². The Morgan fingerprint density at radius 1 is 1.32 bits per heavy atom. The molecule has 1 aromatic heterocycles. The highest BCUT2D eigenvalue weighted by Gasteiger charge is 2.21. The zero-order valence-electron chi connectivity index (χ0n) is 16.7. The third kappa shape index (κ3) is 5.88. The standard InChI is InChI=1S/C20H27N3O5/c1-13-6-5-7-14-17(13)21-12-23(18(14)25)10-8-16(24)22-15(19(26)27)9-11-28-20(2,3)4/h5-7,12,15H,8-11H2,1-4H3,(H,22,24)(H,26,27). The van der Waals surface area contributed by atoms with Gasteiger partial charge in [-0.05, 0) is 39.3 Å². The van der Waals surface area contributed by atoms with Gasteiger partial charge < -0.3 is 15.2 Å². The predicted octanol–water partition coefficient (Wildman–Crippen LogP) is 1.87. The highest BCUT2D eigenvalue weighted by atomic mass is 16.5. The molecule has 0 aliphatic rings. The van der Waals surface area contributed by atoms with Crippen molar-refractivity contribution in [2.75, 3.05) is 6.61 Å². The molecule has 1 unspecified atom stereocenters. The van der Waals surface area contributed by atoms with Crippen molar-refractivity contribution in [3.63, 3.8) is 0 Å². The van der Waals surface area contributed by atoms with Gasteiger partial charge in [-0.25, -0.2) is 9.78 Å².